The van der Waals surface area contributed by atoms with E-state index in [-0.39, 0.29) is 0 Å². The molecule has 1 aliphatic heterocycles. The second kappa shape index (κ2) is 14.3. The Morgan fingerprint density at radius 3 is 1.55 bits per heavy atom. The van der Waals surface area contributed by atoms with E-state index >= 15 is 0 Å². The SMILES string of the molecule is c1ccc(-c2nc(-c3ccccc3)nc(-c3cccc(-c4ccc(-c5nc6ccccc6c6c7c(ccc56)C5(c6ccccc6Oc6ccccc65)c5ccccc5-7)cc4)c3)n2)cc1. The molecule has 5 nitrogen and oxygen atoms in total. The highest BCUT2D eigenvalue weighted by molar-refractivity contribution is 6.19. The molecule has 2 aromatic heterocycles. The Kier molecular flexibility index (Phi) is 8.06. The number of para-hydroxylation sites is 3. The minimum atomic E-state index is -0.556. The quantitative estimate of drug-likeness (QED) is 0.162. The fourth-order valence-electron chi connectivity index (χ4n) is 10.2. The van der Waals surface area contributed by atoms with Crippen LogP contribution in [0.1, 0.15) is 22.3 Å². The summed E-state index contributed by atoms with van der Waals surface area (Å²) in [7, 11) is 0. The molecule has 5 heteroatoms. The van der Waals surface area contributed by atoms with Gasteiger partial charge in [0.15, 0.2) is 17.5 Å². The number of hydrogen-bond acceptors (Lipinski definition) is 5. The van der Waals surface area contributed by atoms with Gasteiger partial charge in [-0.05, 0) is 57.6 Å². The molecule has 1 spiro atoms. The molecule has 0 radical (unpaired) electrons. The first-order chi connectivity index (χ1) is 31.7. The van der Waals surface area contributed by atoms with E-state index in [9.17, 15) is 0 Å². The molecule has 298 valence electrons. The molecule has 0 unspecified atom stereocenters. The van der Waals surface area contributed by atoms with Crippen molar-refractivity contribution in [2.24, 2.45) is 0 Å². The third-order valence-corrected chi connectivity index (χ3v) is 13.0. The standard InChI is InChI=1S/C59H36N4O/c1-3-16-39(17-4-1)56-61-57(40-18-5-2-6-19-40)63-58(62-56)42-21-15-20-41(36-42)37-30-32-38(33-31-37)55-45-34-35-49-54(53(45)44-23-8-12-27-50(44)60-55)43-22-7-9-24-46(43)59(49)47-25-10-13-28-51(47)64-52-29-14-11-26-48(52)59/h1-36H. The maximum Gasteiger partial charge on any atom is 0.164 e. The highest BCUT2D eigenvalue weighted by atomic mass is 16.5. The van der Waals surface area contributed by atoms with Gasteiger partial charge in [-0.1, -0.05) is 194 Å². The Bertz CT molecular complexity index is 3540. The predicted octanol–water partition coefficient (Wildman–Crippen LogP) is 14.4. The van der Waals surface area contributed by atoms with E-state index in [0.717, 1.165) is 78.0 Å². The lowest BCUT2D eigenvalue weighted by molar-refractivity contribution is 0.436. The minimum absolute atomic E-state index is 0.556. The van der Waals surface area contributed by atoms with Gasteiger partial charge in [0, 0.05) is 49.5 Å². The van der Waals surface area contributed by atoms with Gasteiger partial charge in [-0.2, -0.15) is 0 Å². The molecule has 2 aliphatic rings. The first-order valence-electron chi connectivity index (χ1n) is 21.6. The number of ether oxygens (including phenoxy) is 1. The van der Waals surface area contributed by atoms with E-state index in [1.807, 2.05) is 60.7 Å². The number of pyridine rings is 1. The Hall–Kier alpha value is -8.54. The zero-order valence-corrected chi connectivity index (χ0v) is 34.5. The lowest BCUT2D eigenvalue weighted by Crippen LogP contribution is -2.32. The number of hydrogen-bond donors (Lipinski definition) is 0. The Balaban J connectivity index is 0.955. The molecule has 3 heterocycles. The zero-order valence-electron chi connectivity index (χ0n) is 34.5. The van der Waals surface area contributed by atoms with Gasteiger partial charge in [-0.15, -0.1) is 0 Å². The van der Waals surface area contributed by atoms with Gasteiger partial charge >= 0.3 is 0 Å². The fraction of sp³-hybridized carbons (Fsp3) is 0.0169. The van der Waals surface area contributed by atoms with Gasteiger partial charge in [0.25, 0.3) is 0 Å². The highest BCUT2D eigenvalue weighted by Crippen LogP contribution is 2.63. The molecule has 0 saturated carbocycles. The van der Waals surface area contributed by atoms with Crippen LogP contribution in [0.4, 0.5) is 0 Å². The summed E-state index contributed by atoms with van der Waals surface area (Å²) in [6.07, 6.45) is 0. The lowest BCUT2D eigenvalue weighted by atomic mass is 9.66. The van der Waals surface area contributed by atoms with Crippen LogP contribution in [0.5, 0.6) is 11.5 Å². The second-order valence-electron chi connectivity index (χ2n) is 16.5. The summed E-state index contributed by atoms with van der Waals surface area (Å²) in [5, 5.41) is 3.46. The largest absolute Gasteiger partial charge is 0.457 e. The fourth-order valence-corrected chi connectivity index (χ4v) is 10.2. The summed E-state index contributed by atoms with van der Waals surface area (Å²) in [6, 6.07) is 76.7. The van der Waals surface area contributed by atoms with Crippen molar-refractivity contribution in [2.45, 2.75) is 5.41 Å². The van der Waals surface area contributed by atoms with E-state index in [2.05, 4.69) is 158 Å². The smallest absolute Gasteiger partial charge is 0.164 e. The number of nitrogens with zero attached hydrogens (tertiary/aromatic N) is 4. The second-order valence-corrected chi connectivity index (χ2v) is 16.5. The van der Waals surface area contributed by atoms with Crippen LogP contribution in [0.2, 0.25) is 0 Å². The third kappa shape index (κ3) is 5.44. The van der Waals surface area contributed by atoms with Crippen LogP contribution in [0, 0.1) is 0 Å². The summed E-state index contributed by atoms with van der Waals surface area (Å²) in [5.41, 5.74) is 14.7. The van der Waals surface area contributed by atoms with Crippen molar-refractivity contribution in [1.29, 1.82) is 0 Å². The van der Waals surface area contributed by atoms with Crippen LogP contribution in [-0.2, 0) is 5.41 Å². The molecular weight excluding hydrogens is 781 g/mol. The molecule has 0 bridgehead atoms. The van der Waals surface area contributed by atoms with Gasteiger partial charge in [0.05, 0.1) is 16.6 Å². The molecular formula is C59H36N4O. The molecule has 13 rings (SSSR count). The number of rotatable bonds is 5. The Morgan fingerprint density at radius 2 is 0.859 bits per heavy atom. The summed E-state index contributed by atoms with van der Waals surface area (Å²) in [5.74, 6) is 3.68. The third-order valence-electron chi connectivity index (χ3n) is 13.0. The topological polar surface area (TPSA) is 60.8 Å². The van der Waals surface area contributed by atoms with Crippen molar-refractivity contribution in [3.8, 4) is 79.2 Å². The van der Waals surface area contributed by atoms with Crippen molar-refractivity contribution in [2.75, 3.05) is 0 Å². The van der Waals surface area contributed by atoms with Crippen LogP contribution in [-0.4, -0.2) is 19.9 Å². The normalized spacial score (nSPS) is 12.9. The van der Waals surface area contributed by atoms with Gasteiger partial charge in [-0.25, -0.2) is 19.9 Å². The first kappa shape index (κ1) is 36.1. The van der Waals surface area contributed by atoms with Gasteiger partial charge in [-0.3, -0.25) is 0 Å². The molecule has 1 aliphatic carbocycles. The van der Waals surface area contributed by atoms with Crippen LogP contribution < -0.4 is 4.74 Å². The Morgan fingerprint density at radius 1 is 0.328 bits per heavy atom. The molecule has 11 aromatic rings. The molecule has 0 N–H and O–H groups in total. The van der Waals surface area contributed by atoms with Crippen LogP contribution in [0.15, 0.2) is 218 Å². The predicted molar refractivity (Wildman–Crippen MR) is 257 cm³/mol. The molecule has 0 amide bonds. The lowest BCUT2D eigenvalue weighted by Gasteiger charge is -2.39. The van der Waals surface area contributed by atoms with E-state index < -0.39 is 5.41 Å². The van der Waals surface area contributed by atoms with E-state index in [4.69, 9.17) is 24.7 Å². The maximum atomic E-state index is 6.62. The number of benzene rings is 9. The van der Waals surface area contributed by atoms with Crippen molar-refractivity contribution in [1.82, 2.24) is 19.9 Å². The van der Waals surface area contributed by atoms with Crippen LogP contribution in [0.25, 0.3) is 89.4 Å². The molecule has 0 saturated heterocycles. The monoisotopic (exact) mass is 816 g/mol. The summed E-state index contributed by atoms with van der Waals surface area (Å²) in [6.45, 7) is 0. The average molecular weight is 817 g/mol. The molecule has 0 fully saturated rings. The van der Waals surface area contributed by atoms with Crippen molar-refractivity contribution < 1.29 is 4.74 Å². The van der Waals surface area contributed by atoms with Crippen molar-refractivity contribution in [3.05, 3.63) is 241 Å². The van der Waals surface area contributed by atoms with Crippen molar-refractivity contribution >= 4 is 21.7 Å². The minimum Gasteiger partial charge on any atom is -0.457 e. The highest BCUT2D eigenvalue weighted by Gasteiger charge is 2.51. The van der Waals surface area contributed by atoms with E-state index in [1.54, 1.807) is 0 Å². The zero-order chi connectivity index (χ0) is 42.2. The van der Waals surface area contributed by atoms with Gasteiger partial charge < -0.3 is 4.74 Å². The van der Waals surface area contributed by atoms with Crippen LogP contribution in [0.3, 0.4) is 0 Å². The summed E-state index contributed by atoms with van der Waals surface area (Å²) < 4.78 is 6.62. The number of fused-ring (bicyclic) bond motifs is 13. The average Bonchev–Trinajstić information content (AvgIpc) is 3.67. The van der Waals surface area contributed by atoms with Crippen molar-refractivity contribution in [3.63, 3.8) is 0 Å². The maximum absolute atomic E-state index is 6.62. The van der Waals surface area contributed by atoms with Crippen LogP contribution >= 0.6 is 0 Å². The van der Waals surface area contributed by atoms with E-state index in [0.29, 0.717) is 17.5 Å². The molecule has 64 heavy (non-hydrogen) atoms. The van der Waals surface area contributed by atoms with Gasteiger partial charge in [0.2, 0.25) is 0 Å². The Labute approximate surface area is 370 Å². The summed E-state index contributed by atoms with van der Waals surface area (Å²) in [4.78, 5) is 20.3. The number of aromatic nitrogens is 4. The van der Waals surface area contributed by atoms with E-state index in [1.165, 1.54) is 27.6 Å². The van der Waals surface area contributed by atoms with Gasteiger partial charge in [0.1, 0.15) is 11.5 Å². The summed E-state index contributed by atoms with van der Waals surface area (Å²) >= 11 is 0. The molecule has 0 atom stereocenters. The molecule has 9 aromatic carbocycles. The first-order valence-corrected chi connectivity index (χ1v) is 21.6.